The summed E-state index contributed by atoms with van der Waals surface area (Å²) in [4.78, 5) is 31.8. The smallest absolute Gasteiger partial charge is 0.340 e. The fraction of sp³-hybridized carbons (Fsp3) is 0.568. The van der Waals surface area contributed by atoms with E-state index in [1.54, 1.807) is 7.11 Å². The molecular formula is C37H48N2O6. The maximum absolute atomic E-state index is 13.9. The number of amides is 1. The summed E-state index contributed by atoms with van der Waals surface area (Å²) < 4.78 is 24.3. The zero-order chi connectivity index (χ0) is 31.6. The molecule has 0 aliphatic carbocycles. The molecule has 0 spiro atoms. The van der Waals surface area contributed by atoms with Crippen LogP contribution >= 0.6 is 0 Å². The van der Waals surface area contributed by atoms with Crippen LogP contribution in [0, 0.1) is 12.8 Å². The lowest BCUT2D eigenvalue weighted by atomic mass is 9.83. The van der Waals surface area contributed by atoms with E-state index >= 15 is 0 Å². The summed E-state index contributed by atoms with van der Waals surface area (Å²) in [6, 6.07) is 12.4. The summed E-state index contributed by atoms with van der Waals surface area (Å²) in [7, 11) is 1.67. The molecule has 2 saturated heterocycles. The minimum atomic E-state index is -0.361. The predicted molar refractivity (Wildman–Crippen MR) is 175 cm³/mol. The molecule has 2 unspecified atom stereocenters. The number of piperidine rings is 2. The van der Waals surface area contributed by atoms with Crippen LogP contribution in [-0.4, -0.2) is 73.9 Å². The molecule has 2 fully saturated rings. The van der Waals surface area contributed by atoms with E-state index in [2.05, 4.69) is 18.7 Å². The van der Waals surface area contributed by atoms with Gasteiger partial charge in [0, 0.05) is 49.9 Å². The van der Waals surface area contributed by atoms with E-state index in [1.165, 1.54) is 38.8 Å². The summed E-state index contributed by atoms with van der Waals surface area (Å²) in [6.07, 6.45) is 8.04. The van der Waals surface area contributed by atoms with E-state index in [-0.39, 0.29) is 23.7 Å². The van der Waals surface area contributed by atoms with E-state index in [0.717, 1.165) is 41.3 Å². The molecule has 1 amide bonds. The number of hydrogen-bond donors (Lipinski definition) is 0. The highest BCUT2D eigenvalue weighted by atomic mass is 16.5. The Morgan fingerprint density at radius 3 is 2.71 bits per heavy atom. The first kappa shape index (κ1) is 31.6. The number of ether oxygens (including phenoxy) is 3. The molecule has 4 heterocycles. The molecule has 0 radical (unpaired) electrons. The van der Waals surface area contributed by atoms with Gasteiger partial charge in [0.2, 0.25) is 0 Å². The highest BCUT2D eigenvalue weighted by molar-refractivity contribution is 5.92. The number of carbonyl (C=O) groups excluding carboxylic acids is 1. The van der Waals surface area contributed by atoms with Crippen LogP contribution in [0.1, 0.15) is 74.6 Å². The lowest BCUT2D eigenvalue weighted by molar-refractivity contribution is -0.135. The van der Waals surface area contributed by atoms with Gasteiger partial charge in [-0.05, 0) is 89.4 Å². The van der Waals surface area contributed by atoms with Gasteiger partial charge < -0.3 is 28.4 Å². The van der Waals surface area contributed by atoms with Crippen molar-refractivity contribution in [1.82, 2.24) is 9.80 Å². The third-order valence-corrected chi connectivity index (χ3v) is 10.1. The molecule has 0 bridgehead atoms. The Bertz CT molecular complexity index is 1560. The minimum Gasteiger partial charge on any atom is -0.487 e. The Morgan fingerprint density at radius 2 is 1.91 bits per heavy atom. The van der Waals surface area contributed by atoms with Gasteiger partial charge in [0.25, 0.3) is 5.91 Å². The van der Waals surface area contributed by atoms with Crippen molar-refractivity contribution in [2.24, 2.45) is 5.92 Å². The van der Waals surface area contributed by atoms with Crippen molar-refractivity contribution in [2.45, 2.75) is 83.8 Å². The number of fused-ring (bicyclic) bond motifs is 4. The summed E-state index contributed by atoms with van der Waals surface area (Å²) >= 11 is 0. The molecule has 242 valence electrons. The first-order chi connectivity index (χ1) is 21.7. The first-order valence-corrected chi connectivity index (χ1v) is 16.7. The van der Waals surface area contributed by atoms with Crippen molar-refractivity contribution < 1.29 is 23.4 Å². The van der Waals surface area contributed by atoms with E-state index in [9.17, 15) is 9.59 Å². The van der Waals surface area contributed by atoms with Gasteiger partial charge in [0.05, 0.1) is 12.0 Å². The number of methoxy groups -OCH3 is 1. The van der Waals surface area contributed by atoms with Crippen LogP contribution in [0.25, 0.3) is 11.0 Å². The van der Waals surface area contributed by atoms with Gasteiger partial charge in [-0.3, -0.25) is 4.79 Å². The molecule has 6 rings (SSSR count). The standard InChI is InChI=1S/C37H48N2O6/c1-25-29(21-26-11-6-5-7-12-26)36(41)44-35-28-15-16-37(2,3)45-31(28)22-32(34(25)35)43-24-33(40)39(19-20-42-4)23-27-13-10-18-38-17-9-8-14-30(27)38/h5-7,11-12,22,27,30H,8-10,13-21,23-24H2,1-4H3. The second-order valence-corrected chi connectivity index (χ2v) is 13.7. The monoisotopic (exact) mass is 616 g/mol. The third-order valence-electron chi connectivity index (χ3n) is 10.1. The van der Waals surface area contributed by atoms with Gasteiger partial charge in [-0.2, -0.15) is 0 Å². The van der Waals surface area contributed by atoms with Crippen LogP contribution in [0.3, 0.4) is 0 Å². The predicted octanol–water partition coefficient (Wildman–Crippen LogP) is 5.91. The zero-order valence-corrected chi connectivity index (χ0v) is 27.4. The molecule has 8 nitrogen and oxygen atoms in total. The van der Waals surface area contributed by atoms with Gasteiger partial charge >= 0.3 is 5.63 Å². The number of hydrogen-bond acceptors (Lipinski definition) is 7. The lowest BCUT2D eigenvalue weighted by Crippen LogP contribution is -2.52. The average Bonchev–Trinajstić information content (AvgIpc) is 3.03. The van der Waals surface area contributed by atoms with Crippen LogP contribution in [0.2, 0.25) is 0 Å². The number of aryl methyl sites for hydroxylation is 2. The van der Waals surface area contributed by atoms with Gasteiger partial charge in [0.1, 0.15) is 22.7 Å². The second kappa shape index (κ2) is 13.6. The van der Waals surface area contributed by atoms with Crippen LogP contribution in [0.4, 0.5) is 0 Å². The third kappa shape index (κ3) is 6.92. The number of rotatable bonds is 10. The Labute approximate surface area is 266 Å². The molecule has 3 aromatic rings. The van der Waals surface area contributed by atoms with Crippen molar-refractivity contribution in [3.8, 4) is 11.5 Å². The number of benzene rings is 2. The summed E-state index contributed by atoms with van der Waals surface area (Å²) in [6.45, 7) is 10.0. The van der Waals surface area contributed by atoms with Crippen LogP contribution in [0.5, 0.6) is 11.5 Å². The minimum absolute atomic E-state index is 0.0633. The Morgan fingerprint density at radius 1 is 1.11 bits per heavy atom. The normalized spacial score (nSPS) is 21.1. The summed E-state index contributed by atoms with van der Waals surface area (Å²) in [5.41, 5.74) is 3.11. The van der Waals surface area contributed by atoms with Crippen molar-refractivity contribution >= 4 is 16.9 Å². The molecule has 45 heavy (non-hydrogen) atoms. The molecule has 3 aliphatic heterocycles. The van der Waals surface area contributed by atoms with Crippen LogP contribution < -0.4 is 15.1 Å². The van der Waals surface area contributed by atoms with Crippen molar-refractivity contribution in [2.75, 3.05) is 46.5 Å². The molecule has 3 aliphatic rings. The fourth-order valence-electron chi connectivity index (χ4n) is 7.62. The van der Waals surface area contributed by atoms with Crippen LogP contribution in [-0.2, 0) is 22.4 Å². The molecule has 0 N–H and O–H groups in total. The quantitative estimate of drug-likeness (QED) is 0.262. The van der Waals surface area contributed by atoms with Crippen molar-refractivity contribution in [3.63, 3.8) is 0 Å². The van der Waals surface area contributed by atoms with E-state index in [0.29, 0.717) is 60.7 Å². The van der Waals surface area contributed by atoms with Gasteiger partial charge in [-0.15, -0.1) is 0 Å². The van der Waals surface area contributed by atoms with E-state index in [4.69, 9.17) is 18.6 Å². The van der Waals surface area contributed by atoms with E-state index < -0.39 is 0 Å². The second-order valence-electron chi connectivity index (χ2n) is 13.7. The Hall–Kier alpha value is -3.36. The first-order valence-electron chi connectivity index (χ1n) is 16.7. The molecule has 1 aromatic heterocycles. The highest BCUT2D eigenvalue weighted by Gasteiger charge is 2.35. The maximum atomic E-state index is 13.9. The van der Waals surface area contributed by atoms with Crippen molar-refractivity contribution in [1.29, 1.82) is 0 Å². The fourth-order valence-corrected chi connectivity index (χ4v) is 7.62. The molecule has 0 saturated carbocycles. The average molecular weight is 617 g/mol. The Kier molecular flexibility index (Phi) is 9.52. The zero-order valence-electron chi connectivity index (χ0n) is 27.4. The van der Waals surface area contributed by atoms with Crippen LogP contribution in [0.15, 0.2) is 45.6 Å². The lowest BCUT2D eigenvalue weighted by Gasteiger charge is -2.45. The summed E-state index contributed by atoms with van der Waals surface area (Å²) in [5.74, 6) is 1.55. The summed E-state index contributed by atoms with van der Waals surface area (Å²) in [5, 5.41) is 0.740. The Balaban J connectivity index is 1.31. The van der Waals surface area contributed by atoms with E-state index in [1.807, 2.05) is 48.2 Å². The molecule has 2 aromatic carbocycles. The number of nitrogens with zero attached hydrogens (tertiary/aromatic N) is 2. The molecule has 8 heteroatoms. The largest absolute Gasteiger partial charge is 0.487 e. The van der Waals surface area contributed by atoms with Gasteiger partial charge in [-0.1, -0.05) is 36.8 Å². The topological polar surface area (TPSA) is 81.5 Å². The molecular weight excluding hydrogens is 568 g/mol. The number of carbonyl (C=O) groups is 1. The van der Waals surface area contributed by atoms with Gasteiger partial charge in [-0.25, -0.2) is 4.79 Å². The maximum Gasteiger partial charge on any atom is 0.340 e. The van der Waals surface area contributed by atoms with Crippen molar-refractivity contribution in [3.05, 3.63) is 69.1 Å². The highest BCUT2D eigenvalue weighted by Crippen LogP contribution is 2.43. The van der Waals surface area contributed by atoms with Gasteiger partial charge in [0.15, 0.2) is 6.61 Å². The molecule has 2 atom stereocenters. The SMILES string of the molecule is COCCN(CC1CCCN2CCCCC12)C(=O)COc1cc2c(c3oc(=O)c(Cc4ccccc4)c(C)c13)CCC(C)(C)O2.